The van der Waals surface area contributed by atoms with Crippen molar-refractivity contribution in [3.05, 3.63) is 36.0 Å². The lowest BCUT2D eigenvalue weighted by atomic mass is 10.1. The van der Waals surface area contributed by atoms with Crippen LogP contribution in [0, 0.1) is 0 Å². The van der Waals surface area contributed by atoms with Gasteiger partial charge in [0, 0.05) is 23.5 Å². The molecule has 0 radical (unpaired) electrons. The molecule has 1 N–H and O–H groups in total. The number of nitrogens with one attached hydrogen (secondary N) is 1. The molecule has 1 aromatic carbocycles. The third-order valence-corrected chi connectivity index (χ3v) is 2.84. The number of hydrogen-bond donors (Lipinski definition) is 1. The summed E-state index contributed by atoms with van der Waals surface area (Å²) in [5, 5.41) is 1.35. The van der Waals surface area contributed by atoms with Crippen LogP contribution in [0.2, 0.25) is 0 Å². The summed E-state index contributed by atoms with van der Waals surface area (Å²) in [6.45, 7) is 0. The number of thioether (sulfide) groups is 1. The van der Waals surface area contributed by atoms with Gasteiger partial charge in [-0.15, -0.1) is 0 Å². The first-order chi connectivity index (χ1) is 6.81. The summed E-state index contributed by atoms with van der Waals surface area (Å²) < 4.78 is 0. The summed E-state index contributed by atoms with van der Waals surface area (Å²) in [6, 6.07) is 8.03. The van der Waals surface area contributed by atoms with E-state index < -0.39 is 0 Å². The number of fused-ring (bicyclic) bond motifs is 1. The molecule has 14 heavy (non-hydrogen) atoms. The number of aromatic nitrogens is 1. The summed E-state index contributed by atoms with van der Waals surface area (Å²) >= 11 is 1.28. The van der Waals surface area contributed by atoms with Crippen LogP contribution in [0.5, 0.6) is 0 Å². The zero-order valence-electron chi connectivity index (χ0n) is 7.91. The molecule has 2 rings (SSSR count). The lowest BCUT2D eigenvalue weighted by Gasteiger charge is -1.95. The van der Waals surface area contributed by atoms with Crippen LogP contribution in [0.15, 0.2) is 30.5 Å². The summed E-state index contributed by atoms with van der Waals surface area (Å²) in [7, 11) is 0. The first kappa shape index (κ1) is 9.34. The molecule has 0 atom stereocenters. The average molecular weight is 205 g/mol. The number of H-pyrrole nitrogens is 1. The van der Waals surface area contributed by atoms with Gasteiger partial charge >= 0.3 is 0 Å². The minimum absolute atomic E-state index is 0.203. The van der Waals surface area contributed by atoms with Crippen LogP contribution in [0.4, 0.5) is 0 Å². The summed E-state index contributed by atoms with van der Waals surface area (Å²) in [5.41, 5.74) is 2.18. The Bertz CT molecular complexity index is 461. The van der Waals surface area contributed by atoms with E-state index in [2.05, 4.69) is 4.98 Å². The molecule has 0 fully saturated rings. The molecule has 0 aliphatic heterocycles. The number of para-hydroxylation sites is 1. The van der Waals surface area contributed by atoms with Crippen molar-refractivity contribution < 1.29 is 4.79 Å². The Morgan fingerprint density at radius 1 is 1.43 bits per heavy atom. The smallest absolute Gasteiger partial charge is 0.193 e. The third kappa shape index (κ3) is 1.68. The molecule has 0 spiro atoms. The van der Waals surface area contributed by atoms with Crippen LogP contribution in [-0.4, -0.2) is 16.4 Å². The van der Waals surface area contributed by atoms with Crippen molar-refractivity contribution in [3.8, 4) is 0 Å². The van der Waals surface area contributed by atoms with Crippen molar-refractivity contribution in [1.82, 2.24) is 4.98 Å². The van der Waals surface area contributed by atoms with E-state index in [-0.39, 0.29) is 5.12 Å². The van der Waals surface area contributed by atoms with Gasteiger partial charge in [-0.3, -0.25) is 4.79 Å². The quantitative estimate of drug-likeness (QED) is 0.817. The Kier molecular flexibility index (Phi) is 2.59. The highest BCUT2D eigenvalue weighted by molar-refractivity contribution is 8.13. The molecule has 2 aromatic rings. The van der Waals surface area contributed by atoms with Gasteiger partial charge in [-0.1, -0.05) is 30.0 Å². The monoisotopic (exact) mass is 205 g/mol. The van der Waals surface area contributed by atoms with Gasteiger partial charge in [0.15, 0.2) is 5.12 Å². The van der Waals surface area contributed by atoms with Gasteiger partial charge < -0.3 is 4.98 Å². The van der Waals surface area contributed by atoms with E-state index in [1.165, 1.54) is 11.8 Å². The van der Waals surface area contributed by atoms with E-state index in [4.69, 9.17) is 0 Å². The molecule has 1 aromatic heterocycles. The standard InChI is InChI=1S/C11H11NOS/c1-14-11(13)6-8-7-12-10-5-3-2-4-9(8)10/h2-5,7,12H,6H2,1H3. The van der Waals surface area contributed by atoms with E-state index in [1.54, 1.807) is 0 Å². The molecule has 2 nitrogen and oxygen atoms in total. The molecule has 0 saturated carbocycles. The van der Waals surface area contributed by atoms with E-state index in [1.807, 2.05) is 36.7 Å². The highest BCUT2D eigenvalue weighted by Gasteiger charge is 2.06. The Labute approximate surface area is 86.7 Å². The Morgan fingerprint density at radius 2 is 2.21 bits per heavy atom. The van der Waals surface area contributed by atoms with Crippen molar-refractivity contribution in [2.75, 3.05) is 6.26 Å². The van der Waals surface area contributed by atoms with E-state index in [0.717, 1.165) is 16.5 Å². The van der Waals surface area contributed by atoms with Gasteiger partial charge in [0.25, 0.3) is 0 Å². The number of aromatic amines is 1. The van der Waals surface area contributed by atoms with Crippen LogP contribution in [-0.2, 0) is 11.2 Å². The van der Waals surface area contributed by atoms with E-state index in [0.29, 0.717) is 6.42 Å². The molecule has 72 valence electrons. The second-order valence-electron chi connectivity index (χ2n) is 3.11. The number of carbonyl (C=O) groups excluding carboxylic acids is 1. The van der Waals surface area contributed by atoms with Crippen LogP contribution < -0.4 is 0 Å². The maximum atomic E-state index is 11.3. The van der Waals surface area contributed by atoms with Gasteiger partial charge in [0.05, 0.1) is 0 Å². The lowest BCUT2D eigenvalue weighted by Crippen LogP contribution is -1.94. The Morgan fingerprint density at radius 3 is 3.00 bits per heavy atom. The van der Waals surface area contributed by atoms with Gasteiger partial charge in [0.2, 0.25) is 0 Å². The topological polar surface area (TPSA) is 32.9 Å². The van der Waals surface area contributed by atoms with Crippen molar-refractivity contribution in [2.45, 2.75) is 6.42 Å². The first-order valence-electron chi connectivity index (χ1n) is 4.43. The predicted octanol–water partition coefficient (Wildman–Crippen LogP) is 2.60. The molecule has 0 bridgehead atoms. The van der Waals surface area contributed by atoms with E-state index in [9.17, 15) is 4.79 Å². The van der Waals surface area contributed by atoms with Crippen molar-refractivity contribution in [3.63, 3.8) is 0 Å². The largest absolute Gasteiger partial charge is 0.361 e. The number of carbonyl (C=O) groups is 1. The molecule has 0 saturated heterocycles. The van der Waals surface area contributed by atoms with Gasteiger partial charge in [-0.25, -0.2) is 0 Å². The molecule has 1 heterocycles. The highest BCUT2D eigenvalue weighted by Crippen LogP contribution is 2.19. The lowest BCUT2D eigenvalue weighted by molar-refractivity contribution is -0.110. The zero-order chi connectivity index (χ0) is 9.97. The Hall–Kier alpha value is -1.22. The molecule has 0 aliphatic rings. The predicted molar refractivity (Wildman–Crippen MR) is 60.5 cm³/mol. The van der Waals surface area contributed by atoms with E-state index >= 15 is 0 Å². The fourth-order valence-electron chi connectivity index (χ4n) is 1.51. The Balaban J connectivity index is 2.38. The van der Waals surface area contributed by atoms with Crippen molar-refractivity contribution >= 4 is 27.8 Å². The third-order valence-electron chi connectivity index (χ3n) is 2.24. The van der Waals surface area contributed by atoms with Crippen LogP contribution >= 0.6 is 11.8 Å². The number of rotatable bonds is 2. The first-order valence-corrected chi connectivity index (χ1v) is 5.65. The maximum absolute atomic E-state index is 11.3. The normalized spacial score (nSPS) is 10.6. The highest BCUT2D eigenvalue weighted by atomic mass is 32.2. The minimum Gasteiger partial charge on any atom is -0.361 e. The molecule has 0 aliphatic carbocycles. The molecular weight excluding hydrogens is 194 g/mol. The van der Waals surface area contributed by atoms with Gasteiger partial charge in [0.1, 0.15) is 0 Å². The van der Waals surface area contributed by atoms with Crippen molar-refractivity contribution in [2.24, 2.45) is 0 Å². The van der Waals surface area contributed by atoms with Crippen LogP contribution in [0.25, 0.3) is 10.9 Å². The molecule has 3 heteroatoms. The fourth-order valence-corrected chi connectivity index (χ4v) is 1.81. The van der Waals surface area contributed by atoms with Gasteiger partial charge in [-0.05, 0) is 17.9 Å². The summed E-state index contributed by atoms with van der Waals surface area (Å²) in [4.78, 5) is 14.4. The SMILES string of the molecule is CSC(=O)Cc1c[nH]c2ccccc12. The maximum Gasteiger partial charge on any atom is 0.193 e. The number of benzene rings is 1. The minimum atomic E-state index is 0.203. The van der Waals surface area contributed by atoms with Gasteiger partial charge in [-0.2, -0.15) is 0 Å². The molecule has 0 amide bonds. The second-order valence-corrected chi connectivity index (χ2v) is 3.98. The van der Waals surface area contributed by atoms with Crippen LogP contribution in [0.3, 0.4) is 0 Å². The second kappa shape index (κ2) is 3.88. The van der Waals surface area contributed by atoms with Crippen LogP contribution in [0.1, 0.15) is 5.56 Å². The number of hydrogen-bond acceptors (Lipinski definition) is 2. The average Bonchev–Trinajstić information content (AvgIpc) is 2.62. The zero-order valence-corrected chi connectivity index (χ0v) is 8.73. The summed E-state index contributed by atoms with van der Waals surface area (Å²) in [6.07, 6.45) is 4.24. The molecule has 0 unspecified atom stereocenters. The fraction of sp³-hybridized carbons (Fsp3) is 0.182. The summed E-state index contributed by atoms with van der Waals surface area (Å²) in [5.74, 6) is 0. The van der Waals surface area contributed by atoms with Crippen molar-refractivity contribution in [1.29, 1.82) is 0 Å². The molecular formula is C11H11NOS.